The normalized spacial score (nSPS) is 23.8. The Hall–Kier alpha value is -0.520. The van der Waals surface area contributed by atoms with Crippen molar-refractivity contribution in [2.24, 2.45) is 5.41 Å². The standard InChI is InChI=1S/C8H11/c1-8(2)6-4-3-5-7-8/h4,6-7H,3H2,1-2H3. The van der Waals surface area contributed by atoms with Crippen LogP contribution >= 0.6 is 0 Å². The second-order valence-corrected chi connectivity index (χ2v) is 2.78. The minimum absolute atomic E-state index is 0.262. The molecule has 43 valence electrons. The molecule has 0 N–H and O–H groups in total. The van der Waals surface area contributed by atoms with Gasteiger partial charge in [0.2, 0.25) is 0 Å². The summed E-state index contributed by atoms with van der Waals surface area (Å²) in [7, 11) is 0. The van der Waals surface area contributed by atoms with E-state index in [1.54, 1.807) is 0 Å². The lowest BCUT2D eigenvalue weighted by atomic mass is 9.89. The third-order valence-corrected chi connectivity index (χ3v) is 1.26. The molecule has 0 unspecified atom stereocenters. The maximum atomic E-state index is 3.16. The molecule has 0 aromatic carbocycles. The number of rotatable bonds is 0. The zero-order chi connectivity index (χ0) is 6.04. The van der Waals surface area contributed by atoms with Crippen LogP contribution in [-0.4, -0.2) is 0 Å². The van der Waals surface area contributed by atoms with Gasteiger partial charge >= 0.3 is 0 Å². The fraction of sp³-hybridized carbons (Fsp3) is 0.500. The summed E-state index contributed by atoms with van der Waals surface area (Å²) in [5.41, 5.74) is 0.262. The highest BCUT2D eigenvalue weighted by Crippen LogP contribution is 2.21. The van der Waals surface area contributed by atoms with Crippen LogP contribution in [0.15, 0.2) is 18.2 Å². The molecule has 1 radical (unpaired) electrons. The minimum Gasteiger partial charge on any atom is -0.0833 e. The second-order valence-electron chi connectivity index (χ2n) is 2.78. The topological polar surface area (TPSA) is 0 Å². The summed E-state index contributed by atoms with van der Waals surface area (Å²) in [4.78, 5) is 0. The Morgan fingerprint density at radius 1 is 1.50 bits per heavy atom. The largest absolute Gasteiger partial charge is 0.0833 e. The molecule has 0 bridgehead atoms. The number of hydrogen-bond acceptors (Lipinski definition) is 0. The van der Waals surface area contributed by atoms with Crippen molar-refractivity contribution in [3.8, 4) is 0 Å². The quantitative estimate of drug-likeness (QED) is 0.417. The summed E-state index contributed by atoms with van der Waals surface area (Å²) >= 11 is 0. The molecule has 1 rings (SSSR count). The van der Waals surface area contributed by atoms with Crippen molar-refractivity contribution in [1.29, 1.82) is 0 Å². The Morgan fingerprint density at radius 2 is 2.25 bits per heavy atom. The molecule has 0 aliphatic heterocycles. The highest BCUT2D eigenvalue weighted by molar-refractivity contribution is 5.10. The summed E-state index contributed by atoms with van der Waals surface area (Å²) < 4.78 is 0. The fourth-order valence-electron chi connectivity index (χ4n) is 0.801. The van der Waals surface area contributed by atoms with E-state index in [2.05, 4.69) is 38.2 Å². The van der Waals surface area contributed by atoms with Crippen LogP contribution in [0.25, 0.3) is 0 Å². The zero-order valence-corrected chi connectivity index (χ0v) is 5.44. The third-order valence-electron chi connectivity index (χ3n) is 1.26. The van der Waals surface area contributed by atoms with Crippen LogP contribution in [0.1, 0.15) is 20.3 Å². The van der Waals surface area contributed by atoms with Crippen molar-refractivity contribution in [1.82, 2.24) is 0 Å². The monoisotopic (exact) mass is 107 g/mol. The molecule has 0 saturated carbocycles. The summed E-state index contributed by atoms with van der Waals surface area (Å²) in [6.45, 7) is 4.35. The van der Waals surface area contributed by atoms with Gasteiger partial charge in [-0.25, -0.2) is 0 Å². The first-order valence-corrected chi connectivity index (χ1v) is 2.96. The van der Waals surface area contributed by atoms with Crippen molar-refractivity contribution in [3.63, 3.8) is 0 Å². The average Bonchev–Trinajstić information content (AvgIpc) is 1.65. The van der Waals surface area contributed by atoms with Crippen LogP contribution in [0.5, 0.6) is 0 Å². The van der Waals surface area contributed by atoms with Gasteiger partial charge in [0.05, 0.1) is 0 Å². The van der Waals surface area contributed by atoms with Crippen LogP contribution in [-0.2, 0) is 0 Å². The molecular formula is C8H11. The van der Waals surface area contributed by atoms with Gasteiger partial charge in [-0.15, -0.1) is 0 Å². The molecule has 0 atom stereocenters. The highest BCUT2D eigenvalue weighted by Gasteiger charge is 2.09. The van der Waals surface area contributed by atoms with Gasteiger partial charge in [-0.05, 0) is 12.5 Å². The summed E-state index contributed by atoms with van der Waals surface area (Å²) in [5, 5.41) is 0. The van der Waals surface area contributed by atoms with E-state index in [1.165, 1.54) is 0 Å². The van der Waals surface area contributed by atoms with E-state index in [-0.39, 0.29) is 5.41 Å². The summed E-state index contributed by atoms with van der Waals surface area (Å²) in [5.74, 6) is 0. The van der Waals surface area contributed by atoms with Crippen molar-refractivity contribution >= 4 is 0 Å². The van der Waals surface area contributed by atoms with Gasteiger partial charge in [0.15, 0.2) is 0 Å². The molecule has 0 spiro atoms. The van der Waals surface area contributed by atoms with Gasteiger partial charge in [0.25, 0.3) is 0 Å². The first-order valence-electron chi connectivity index (χ1n) is 2.96. The summed E-state index contributed by atoms with van der Waals surface area (Å²) in [6.07, 6.45) is 10.6. The number of allylic oxidation sites excluding steroid dienone is 4. The van der Waals surface area contributed by atoms with Crippen LogP contribution in [0.4, 0.5) is 0 Å². The maximum Gasteiger partial charge on any atom is 0.00105 e. The summed E-state index contributed by atoms with van der Waals surface area (Å²) in [6, 6.07) is 0. The van der Waals surface area contributed by atoms with E-state index < -0.39 is 0 Å². The van der Waals surface area contributed by atoms with E-state index in [1.807, 2.05) is 0 Å². The molecule has 0 saturated heterocycles. The van der Waals surface area contributed by atoms with Crippen LogP contribution in [0.2, 0.25) is 0 Å². The SMILES string of the molecule is CC1(C)C=[C]CC=C1. The minimum atomic E-state index is 0.262. The molecule has 0 nitrogen and oxygen atoms in total. The Morgan fingerprint density at radius 3 is 2.50 bits per heavy atom. The molecule has 0 fully saturated rings. The molecular weight excluding hydrogens is 96.1 g/mol. The first-order chi connectivity index (χ1) is 3.71. The van der Waals surface area contributed by atoms with Gasteiger partial charge in [0.1, 0.15) is 0 Å². The van der Waals surface area contributed by atoms with Gasteiger partial charge in [0, 0.05) is 5.41 Å². The van der Waals surface area contributed by atoms with E-state index >= 15 is 0 Å². The third kappa shape index (κ3) is 1.22. The Bertz CT molecular complexity index is 113. The lowest BCUT2D eigenvalue weighted by Crippen LogP contribution is -2.03. The van der Waals surface area contributed by atoms with Crippen molar-refractivity contribution in [3.05, 3.63) is 24.3 Å². The van der Waals surface area contributed by atoms with Gasteiger partial charge < -0.3 is 0 Å². The number of hydrogen-bond donors (Lipinski definition) is 0. The molecule has 1 aliphatic rings. The fourth-order valence-corrected chi connectivity index (χ4v) is 0.801. The molecule has 8 heavy (non-hydrogen) atoms. The molecule has 0 heteroatoms. The Balaban J connectivity index is 2.69. The van der Waals surface area contributed by atoms with E-state index in [0.717, 1.165) is 6.42 Å². The van der Waals surface area contributed by atoms with Crippen LogP contribution in [0.3, 0.4) is 0 Å². The first kappa shape index (κ1) is 5.61. The Labute approximate surface area is 50.9 Å². The molecule has 0 amide bonds. The van der Waals surface area contributed by atoms with Crippen molar-refractivity contribution in [2.45, 2.75) is 20.3 Å². The van der Waals surface area contributed by atoms with E-state index in [9.17, 15) is 0 Å². The van der Waals surface area contributed by atoms with Gasteiger partial charge in [-0.1, -0.05) is 32.1 Å². The van der Waals surface area contributed by atoms with Gasteiger partial charge in [-0.3, -0.25) is 0 Å². The second kappa shape index (κ2) is 1.77. The van der Waals surface area contributed by atoms with Crippen molar-refractivity contribution in [2.75, 3.05) is 0 Å². The predicted molar refractivity (Wildman–Crippen MR) is 35.4 cm³/mol. The molecule has 0 aromatic rings. The van der Waals surface area contributed by atoms with Crippen LogP contribution < -0.4 is 0 Å². The van der Waals surface area contributed by atoms with Gasteiger partial charge in [-0.2, -0.15) is 0 Å². The maximum absolute atomic E-state index is 3.16. The Kier molecular flexibility index (Phi) is 1.24. The van der Waals surface area contributed by atoms with Crippen LogP contribution in [0, 0.1) is 11.5 Å². The lowest BCUT2D eigenvalue weighted by molar-refractivity contribution is 0.611. The van der Waals surface area contributed by atoms with E-state index in [4.69, 9.17) is 0 Å². The molecule has 1 aliphatic carbocycles. The average molecular weight is 107 g/mol. The van der Waals surface area contributed by atoms with E-state index in [0.29, 0.717) is 0 Å². The van der Waals surface area contributed by atoms with Crippen molar-refractivity contribution < 1.29 is 0 Å². The molecule has 0 heterocycles. The highest BCUT2D eigenvalue weighted by atomic mass is 14.1. The predicted octanol–water partition coefficient (Wildman–Crippen LogP) is 2.33. The smallest absolute Gasteiger partial charge is 0.00105 e. The zero-order valence-electron chi connectivity index (χ0n) is 5.44. The lowest BCUT2D eigenvalue weighted by Gasteiger charge is -2.16. The molecule has 0 aromatic heterocycles.